The van der Waals surface area contributed by atoms with Crippen molar-refractivity contribution in [3.8, 4) is 0 Å². The molecular weight excluding hydrogens is 442 g/mol. The Labute approximate surface area is 206 Å². The summed E-state index contributed by atoms with van der Waals surface area (Å²) in [5.41, 5.74) is 2.59. The van der Waals surface area contributed by atoms with Crippen LogP contribution >= 0.6 is 11.5 Å². The van der Waals surface area contributed by atoms with Crippen LogP contribution in [0, 0.1) is 5.92 Å². The summed E-state index contributed by atoms with van der Waals surface area (Å²) in [7, 11) is 0. The van der Waals surface area contributed by atoms with Crippen LogP contribution in [-0.2, 0) is 17.8 Å². The van der Waals surface area contributed by atoms with Crippen LogP contribution < -0.4 is 10.2 Å². The number of benzene rings is 2. The highest BCUT2D eigenvalue weighted by atomic mass is 32.1. The average molecular weight is 476 g/mol. The van der Waals surface area contributed by atoms with Gasteiger partial charge in [0, 0.05) is 62.6 Å². The second-order valence-corrected chi connectivity index (χ2v) is 10.2. The molecule has 2 fully saturated rings. The van der Waals surface area contributed by atoms with Crippen molar-refractivity contribution in [2.24, 2.45) is 5.92 Å². The third-order valence-electron chi connectivity index (χ3n) is 6.98. The summed E-state index contributed by atoms with van der Waals surface area (Å²) in [6, 6.07) is 21.3. The normalized spacial score (nSPS) is 18.2. The van der Waals surface area contributed by atoms with Gasteiger partial charge in [0.05, 0.1) is 0 Å². The van der Waals surface area contributed by atoms with Gasteiger partial charge in [-0.1, -0.05) is 60.7 Å². The molecule has 0 aliphatic carbocycles. The molecule has 1 N–H and O–H groups in total. The summed E-state index contributed by atoms with van der Waals surface area (Å²) >= 11 is 1.47. The molecule has 3 heterocycles. The van der Waals surface area contributed by atoms with E-state index in [4.69, 9.17) is 4.98 Å². The minimum absolute atomic E-state index is 0.107. The molecule has 2 aliphatic rings. The van der Waals surface area contributed by atoms with Crippen LogP contribution in [-0.4, -0.2) is 52.4 Å². The highest BCUT2D eigenvalue weighted by Gasteiger charge is 2.29. The number of carbonyl (C=O) groups is 1. The molecule has 1 amide bonds. The quantitative estimate of drug-likeness (QED) is 0.557. The van der Waals surface area contributed by atoms with Crippen LogP contribution in [0.1, 0.15) is 42.6 Å². The first kappa shape index (κ1) is 23.0. The molecule has 0 unspecified atom stereocenters. The van der Waals surface area contributed by atoms with Gasteiger partial charge in [-0.2, -0.15) is 4.37 Å². The second-order valence-electron chi connectivity index (χ2n) is 9.46. The Morgan fingerprint density at radius 2 is 1.53 bits per heavy atom. The van der Waals surface area contributed by atoms with E-state index in [0.717, 1.165) is 75.8 Å². The Kier molecular flexibility index (Phi) is 7.51. The zero-order chi connectivity index (χ0) is 23.2. The van der Waals surface area contributed by atoms with E-state index in [1.165, 1.54) is 22.7 Å². The van der Waals surface area contributed by atoms with Crippen LogP contribution in [0.5, 0.6) is 0 Å². The number of nitrogens with zero attached hydrogens (tertiary/aromatic N) is 4. The summed E-state index contributed by atoms with van der Waals surface area (Å²) in [6.07, 6.45) is 4.59. The zero-order valence-corrected chi connectivity index (χ0v) is 20.4. The lowest BCUT2D eigenvalue weighted by Crippen LogP contribution is -2.48. The van der Waals surface area contributed by atoms with E-state index in [1.54, 1.807) is 0 Å². The number of piperidine rings is 2. The fourth-order valence-electron chi connectivity index (χ4n) is 4.95. The Morgan fingerprint density at radius 3 is 2.21 bits per heavy atom. The molecule has 7 heteroatoms. The smallest absolute Gasteiger partial charge is 0.223 e. The molecule has 34 heavy (non-hydrogen) atoms. The van der Waals surface area contributed by atoms with Crippen molar-refractivity contribution in [2.45, 2.75) is 44.7 Å². The van der Waals surface area contributed by atoms with Crippen molar-refractivity contribution in [2.75, 3.05) is 31.1 Å². The van der Waals surface area contributed by atoms with Gasteiger partial charge in [0.25, 0.3) is 0 Å². The largest absolute Gasteiger partial charge is 0.353 e. The van der Waals surface area contributed by atoms with Crippen molar-refractivity contribution in [1.29, 1.82) is 0 Å². The first-order valence-electron chi connectivity index (χ1n) is 12.4. The van der Waals surface area contributed by atoms with E-state index in [9.17, 15) is 4.79 Å². The van der Waals surface area contributed by atoms with E-state index >= 15 is 0 Å². The molecule has 6 nitrogen and oxygen atoms in total. The minimum atomic E-state index is 0.107. The predicted octanol–water partition coefficient (Wildman–Crippen LogP) is 4.13. The molecule has 2 aromatic carbocycles. The van der Waals surface area contributed by atoms with Crippen molar-refractivity contribution in [3.05, 3.63) is 77.6 Å². The number of hydrogen-bond donors (Lipinski definition) is 1. The van der Waals surface area contributed by atoms with Gasteiger partial charge >= 0.3 is 0 Å². The van der Waals surface area contributed by atoms with Crippen LogP contribution in [0.4, 0.5) is 5.13 Å². The fourth-order valence-corrected chi connectivity index (χ4v) is 5.69. The van der Waals surface area contributed by atoms with Crippen LogP contribution in [0.2, 0.25) is 0 Å². The Morgan fingerprint density at radius 1 is 0.882 bits per heavy atom. The van der Waals surface area contributed by atoms with Gasteiger partial charge in [0.1, 0.15) is 5.82 Å². The van der Waals surface area contributed by atoms with Crippen LogP contribution in [0.25, 0.3) is 0 Å². The first-order valence-corrected chi connectivity index (χ1v) is 13.2. The molecule has 178 valence electrons. The van der Waals surface area contributed by atoms with E-state index in [0.29, 0.717) is 6.04 Å². The molecule has 2 saturated heterocycles. The Balaban J connectivity index is 1.04. The number of amides is 1. The number of anilines is 1. The molecule has 3 aromatic rings. The lowest BCUT2D eigenvalue weighted by Gasteiger charge is -2.35. The Hall–Kier alpha value is -2.77. The summed E-state index contributed by atoms with van der Waals surface area (Å²) in [5, 5.41) is 4.33. The Bertz CT molecular complexity index is 1040. The van der Waals surface area contributed by atoms with Crippen molar-refractivity contribution < 1.29 is 4.79 Å². The maximum atomic E-state index is 12.9. The van der Waals surface area contributed by atoms with Gasteiger partial charge in [-0.05, 0) is 36.8 Å². The maximum Gasteiger partial charge on any atom is 0.223 e. The summed E-state index contributed by atoms with van der Waals surface area (Å²) in [5.74, 6) is 1.23. The summed E-state index contributed by atoms with van der Waals surface area (Å²) in [4.78, 5) is 22.5. The lowest BCUT2D eigenvalue weighted by atomic mass is 9.95. The monoisotopic (exact) mass is 475 g/mol. The van der Waals surface area contributed by atoms with Crippen molar-refractivity contribution >= 4 is 22.6 Å². The third-order valence-corrected chi connectivity index (χ3v) is 7.80. The molecule has 0 saturated carbocycles. The molecule has 5 rings (SSSR count). The third kappa shape index (κ3) is 6.02. The number of hydrogen-bond acceptors (Lipinski definition) is 6. The molecule has 1 aromatic heterocycles. The van der Waals surface area contributed by atoms with E-state index in [-0.39, 0.29) is 11.8 Å². The summed E-state index contributed by atoms with van der Waals surface area (Å²) in [6.45, 7) is 4.82. The van der Waals surface area contributed by atoms with E-state index in [1.807, 2.05) is 18.2 Å². The molecule has 2 aliphatic heterocycles. The first-order chi connectivity index (χ1) is 16.7. The number of rotatable bonds is 7. The molecular formula is C27H33N5OS. The predicted molar refractivity (Wildman–Crippen MR) is 137 cm³/mol. The van der Waals surface area contributed by atoms with Gasteiger partial charge < -0.3 is 10.2 Å². The number of likely N-dealkylation sites (tertiary alicyclic amines) is 1. The van der Waals surface area contributed by atoms with Gasteiger partial charge in [-0.15, -0.1) is 0 Å². The van der Waals surface area contributed by atoms with Gasteiger partial charge in [0.15, 0.2) is 0 Å². The average Bonchev–Trinajstić information content (AvgIpc) is 3.35. The molecule has 0 atom stereocenters. The highest BCUT2D eigenvalue weighted by molar-refractivity contribution is 7.09. The van der Waals surface area contributed by atoms with Crippen LogP contribution in [0.3, 0.4) is 0 Å². The van der Waals surface area contributed by atoms with Crippen molar-refractivity contribution in [3.63, 3.8) is 0 Å². The summed E-state index contributed by atoms with van der Waals surface area (Å²) < 4.78 is 4.56. The topological polar surface area (TPSA) is 61.4 Å². The van der Waals surface area contributed by atoms with Crippen LogP contribution in [0.15, 0.2) is 60.7 Å². The number of nitrogens with one attached hydrogen (secondary N) is 1. The number of carbonyl (C=O) groups excluding carboxylic acids is 1. The zero-order valence-electron chi connectivity index (χ0n) is 19.6. The fraction of sp³-hybridized carbons (Fsp3) is 0.444. The maximum absolute atomic E-state index is 12.9. The van der Waals surface area contributed by atoms with Gasteiger partial charge in [0.2, 0.25) is 11.0 Å². The molecule has 0 radical (unpaired) electrons. The standard InChI is InChI=1S/C27H33N5OS/c33-26(28-24-13-15-31(16-14-24)20-22-9-5-2-6-10-22)23-11-17-32(18-12-23)27-29-25(30-34-27)19-21-7-3-1-4-8-21/h1-10,23-24H,11-20H2,(H,28,33). The highest BCUT2D eigenvalue weighted by Crippen LogP contribution is 2.26. The second kappa shape index (κ2) is 11.1. The molecule has 0 bridgehead atoms. The van der Waals surface area contributed by atoms with Crippen molar-refractivity contribution in [1.82, 2.24) is 19.6 Å². The van der Waals surface area contributed by atoms with Gasteiger partial charge in [-0.25, -0.2) is 4.98 Å². The minimum Gasteiger partial charge on any atom is -0.353 e. The van der Waals surface area contributed by atoms with E-state index < -0.39 is 0 Å². The number of aromatic nitrogens is 2. The molecule has 0 spiro atoms. The van der Waals surface area contributed by atoms with E-state index in [2.05, 4.69) is 62.0 Å². The lowest BCUT2D eigenvalue weighted by molar-refractivity contribution is -0.126. The van der Waals surface area contributed by atoms with Gasteiger partial charge in [-0.3, -0.25) is 9.69 Å². The SMILES string of the molecule is O=C(NC1CCN(Cc2ccccc2)CC1)C1CCN(c2nc(Cc3ccccc3)ns2)CC1.